The van der Waals surface area contributed by atoms with Crippen molar-refractivity contribution >= 4 is 39.8 Å². The van der Waals surface area contributed by atoms with Crippen molar-refractivity contribution < 1.29 is 19.1 Å². The van der Waals surface area contributed by atoms with Gasteiger partial charge in [-0.15, -0.1) is 0 Å². The minimum absolute atomic E-state index is 0.235. The molecular formula is C23H19NO4S. The zero-order chi connectivity index (χ0) is 20.4. The molecule has 1 aliphatic heterocycles. The lowest BCUT2D eigenvalue weighted by Crippen LogP contribution is -2.27. The van der Waals surface area contributed by atoms with Crippen molar-refractivity contribution in [1.29, 1.82) is 0 Å². The fourth-order valence-corrected chi connectivity index (χ4v) is 4.23. The van der Waals surface area contributed by atoms with E-state index in [9.17, 15) is 9.59 Å². The van der Waals surface area contributed by atoms with Gasteiger partial charge in [-0.3, -0.25) is 14.5 Å². The van der Waals surface area contributed by atoms with Crippen LogP contribution < -0.4 is 9.47 Å². The average Bonchev–Trinajstić information content (AvgIpc) is 3.01. The van der Waals surface area contributed by atoms with Crippen molar-refractivity contribution in [2.24, 2.45) is 0 Å². The molecule has 29 heavy (non-hydrogen) atoms. The van der Waals surface area contributed by atoms with Crippen LogP contribution in [0.3, 0.4) is 0 Å². The number of nitrogens with zero attached hydrogens (tertiary/aromatic N) is 1. The number of carbonyl (C=O) groups excluding carboxylic acids is 2. The summed E-state index contributed by atoms with van der Waals surface area (Å²) in [6, 6.07) is 19.2. The molecule has 4 rings (SSSR count). The van der Waals surface area contributed by atoms with E-state index in [-0.39, 0.29) is 17.7 Å². The van der Waals surface area contributed by atoms with Crippen LogP contribution in [0.5, 0.6) is 11.5 Å². The molecule has 0 bridgehead atoms. The van der Waals surface area contributed by atoms with Crippen LogP contribution in [0, 0.1) is 0 Å². The van der Waals surface area contributed by atoms with Gasteiger partial charge in [0, 0.05) is 5.56 Å². The smallest absolute Gasteiger partial charge is 0.293 e. The second-order valence-corrected chi connectivity index (χ2v) is 7.48. The topological polar surface area (TPSA) is 55.8 Å². The summed E-state index contributed by atoms with van der Waals surface area (Å²) >= 11 is 0.936. The van der Waals surface area contributed by atoms with Gasteiger partial charge in [0.25, 0.3) is 11.1 Å². The summed E-state index contributed by atoms with van der Waals surface area (Å²) in [5.74, 6) is 0.782. The van der Waals surface area contributed by atoms with Crippen LogP contribution in [-0.2, 0) is 11.3 Å². The van der Waals surface area contributed by atoms with Gasteiger partial charge in [0.2, 0.25) is 0 Å². The molecule has 5 nitrogen and oxygen atoms in total. The number of amides is 2. The Balaban J connectivity index is 1.65. The first-order valence-electron chi connectivity index (χ1n) is 9.05. The van der Waals surface area contributed by atoms with E-state index in [1.165, 1.54) is 4.90 Å². The SMILES string of the molecule is COc1cccc(/C=C2/SC(=O)N(Cc3cccc4ccccc34)C2=O)c1OC. The summed E-state index contributed by atoms with van der Waals surface area (Å²) in [7, 11) is 3.10. The summed E-state index contributed by atoms with van der Waals surface area (Å²) in [5.41, 5.74) is 1.62. The molecule has 3 aromatic carbocycles. The van der Waals surface area contributed by atoms with Crippen LogP contribution in [0.2, 0.25) is 0 Å². The van der Waals surface area contributed by atoms with Gasteiger partial charge in [-0.2, -0.15) is 0 Å². The fraction of sp³-hybridized carbons (Fsp3) is 0.130. The number of hydrogen-bond donors (Lipinski definition) is 0. The highest BCUT2D eigenvalue weighted by atomic mass is 32.2. The molecule has 1 aliphatic rings. The fourth-order valence-electron chi connectivity index (χ4n) is 3.40. The number of benzene rings is 3. The van der Waals surface area contributed by atoms with Gasteiger partial charge in [0.1, 0.15) is 0 Å². The highest BCUT2D eigenvalue weighted by molar-refractivity contribution is 8.18. The van der Waals surface area contributed by atoms with Crippen LogP contribution in [-0.4, -0.2) is 30.3 Å². The Morgan fingerprint density at radius 3 is 2.48 bits per heavy atom. The van der Waals surface area contributed by atoms with E-state index in [0.717, 1.165) is 28.1 Å². The number of thioether (sulfide) groups is 1. The van der Waals surface area contributed by atoms with Crippen LogP contribution in [0.25, 0.3) is 16.8 Å². The Hall–Kier alpha value is -3.25. The molecule has 3 aromatic rings. The average molecular weight is 405 g/mol. The standard InChI is InChI=1S/C23H19NO4S/c1-27-19-12-6-9-16(21(19)28-2)13-20-22(25)24(23(26)29-20)14-17-10-5-8-15-7-3-4-11-18(15)17/h3-13H,14H2,1-2H3/b20-13+. The molecule has 0 saturated carbocycles. The Morgan fingerprint density at radius 2 is 1.69 bits per heavy atom. The van der Waals surface area contributed by atoms with E-state index < -0.39 is 0 Å². The number of hydrogen-bond acceptors (Lipinski definition) is 5. The van der Waals surface area contributed by atoms with Crippen LogP contribution in [0.1, 0.15) is 11.1 Å². The van der Waals surface area contributed by atoms with Crippen molar-refractivity contribution in [3.63, 3.8) is 0 Å². The van der Waals surface area contributed by atoms with Gasteiger partial charge in [-0.1, -0.05) is 54.6 Å². The lowest BCUT2D eigenvalue weighted by atomic mass is 10.0. The molecule has 2 amide bonds. The van der Waals surface area contributed by atoms with E-state index in [1.807, 2.05) is 54.6 Å². The molecule has 1 heterocycles. The number of carbonyl (C=O) groups is 2. The van der Waals surface area contributed by atoms with Crippen LogP contribution in [0.4, 0.5) is 4.79 Å². The van der Waals surface area contributed by atoms with Gasteiger partial charge < -0.3 is 9.47 Å². The number of imide groups is 1. The van der Waals surface area contributed by atoms with E-state index in [1.54, 1.807) is 26.4 Å². The Morgan fingerprint density at radius 1 is 0.931 bits per heavy atom. The maximum atomic E-state index is 13.0. The summed E-state index contributed by atoms with van der Waals surface area (Å²) in [5, 5.41) is 1.83. The number of methoxy groups -OCH3 is 2. The van der Waals surface area contributed by atoms with Crippen molar-refractivity contribution in [2.45, 2.75) is 6.54 Å². The maximum Gasteiger partial charge on any atom is 0.293 e. The Bertz CT molecular complexity index is 1130. The van der Waals surface area contributed by atoms with Gasteiger partial charge >= 0.3 is 0 Å². The third-order valence-corrected chi connectivity index (χ3v) is 5.71. The van der Waals surface area contributed by atoms with Crippen molar-refractivity contribution in [3.05, 3.63) is 76.7 Å². The first-order valence-corrected chi connectivity index (χ1v) is 9.87. The van der Waals surface area contributed by atoms with E-state index in [2.05, 4.69) is 0 Å². The van der Waals surface area contributed by atoms with Gasteiger partial charge in [0.05, 0.1) is 25.7 Å². The highest BCUT2D eigenvalue weighted by Crippen LogP contribution is 2.38. The summed E-state index contributed by atoms with van der Waals surface area (Å²) in [4.78, 5) is 27.2. The summed E-state index contributed by atoms with van der Waals surface area (Å²) in [6.45, 7) is 0.235. The number of rotatable bonds is 5. The Labute approximate surface area is 172 Å². The zero-order valence-electron chi connectivity index (χ0n) is 16.0. The van der Waals surface area contributed by atoms with Gasteiger partial charge in [-0.25, -0.2) is 0 Å². The lowest BCUT2D eigenvalue weighted by Gasteiger charge is -2.14. The second kappa shape index (κ2) is 8.01. The monoisotopic (exact) mass is 405 g/mol. The van der Waals surface area contributed by atoms with E-state index in [4.69, 9.17) is 9.47 Å². The molecule has 0 N–H and O–H groups in total. The molecule has 0 unspecified atom stereocenters. The molecule has 0 spiro atoms. The van der Waals surface area contributed by atoms with Crippen LogP contribution >= 0.6 is 11.8 Å². The largest absolute Gasteiger partial charge is 0.493 e. The zero-order valence-corrected chi connectivity index (χ0v) is 16.9. The normalized spacial score (nSPS) is 15.4. The molecule has 1 fully saturated rings. The molecule has 0 aromatic heterocycles. The minimum atomic E-state index is -0.308. The first kappa shape index (κ1) is 19.1. The molecule has 0 radical (unpaired) electrons. The molecule has 1 saturated heterocycles. The number of fused-ring (bicyclic) bond motifs is 1. The van der Waals surface area contributed by atoms with E-state index in [0.29, 0.717) is 22.0 Å². The van der Waals surface area contributed by atoms with Crippen molar-refractivity contribution in [1.82, 2.24) is 4.90 Å². The number of para-hydroxylation sites is 1. The minimum Gasteiger partial charge on any atom is -0.493 e. The van der Waals surface area contributed by atoms with Gasteiger partial charge in [0.15, 0.2) is 11.5 Å². The van der Waals surface area contributed by atoms with Crippen LogP contribution in [0.15, 0.2) is 65.6 Å². The Kier molecular flexibility index (Phi) is 5.27. The summed E-state index contributed by atoms with van der Waals surface area (Å²) < 4.78 is 10.7. The lowest BCUT2D eigenvalue weighted by molar-refractivity contribution is -0.123. The highest BCUT2D eigenvalue weighted by Gasteiger charge is 2.35. The summed E-state index contributed by atoms with van der Waals surface area (Å²) in [6.07, 6.45) is 1.68. The predicted molar refractivity (Wildman–Crippen MR) is 115 cm³/mol. The van der Waals surface area contributed by atoms with Gasteiger partial charge in [-0.05, 0) is 40.2 Å². The quantitative estimate of drug-likeness (QED) is 0.553. The molecular weight excluding hydrogens is 386 g/mol. The van der Waals surface area contributed by atoms with Crippen molar-refractivity contribution in [2.75, 3.05) is 14.2 Å². The molecule has 146 valence electrons. The first-order chi connectivity index (χ1) is 14.1. The third-order valence-electron chi connectivity index (χ3n) is 4.80. The van der Waals surface area contributed by atoms with E-state index >= 15 is 0 Å². The molecule has 0 aliphatic carbocycles. The second-order valence-electron chi connectivity index (χ2n) is 6.49. The number of ether oxygens (including phenoxy) is 2. The molecule has 6 heteroatoms. The molecule has 0 atom stereocenters. The maximum absolute atomic E-state index is 13.0. The third kappa shape index (κ3) is 3.59. The predicted octanol–water partition coefficient (Wildman–Crippen LogP) is 5.09. The van der Waals surface area contributed by atoms with Crippen molar-refractivity contribution in [3.8, 4) is 11.5 Å².